The van der Waals surface area contributed by atoms with Crippen molar-refractivity contribution >= 4 is 11.6 Å². The summed E-state index contributed by atoms with van der Waals surface area (Å²) in [5, 5.41) is 13.8. The third-order valence-corrected chi connectivity index (χ3v) is 4.13. The summed E-state index contributed by atoms with van der Waals surface area (Å²) in [7, 11) is 0. The van der Waals surface area contributed by atoms with E-state index < -0.39 is 4.92 Å². The summed E-state index contributed by atoms with van der Waals surface area (Å²) in [5.41, 5.74) is 2.48. The molecule has 5 heteroatoms. The Balaban J connectivity index is 1.80. The highest BCUT2D eigenvalue weighted by molar-refractivity contribution is 5.94. The van der Waals surface area contributed by atoms with E-state index in [2.05, 4.69) is 5.32 Å². The quantitative estimate of drug-likeness (QED) is 0.534. The molecule has 0 aliphatic carbocycles. The Morgan fingerprint density at radius 1 is 0.885 bits per heavy atom. The Morgan fingerprint density at radius 3 is 2.04 bits per heavy atom. The van der Waals surface area contributed by atoms with Crippen molar-refractivity contribution in [3.8, 4) is 0 Å². The zero-order chi connectivity index (χ0) is 18.4. The van der Waals surface area contributed by atoms with Crippen molar-refractivity contribution in [1.82, 2.24) is 5.32 Å². The van der Waals surface area contributed by atoms with Crippen LogP contribution in [0.25, 0.3) is 0 Å². The lowest BCUT2D eigenvalue weighted by Gasteiger charge is -2.19. The van der Waals surface area contributed by atoms with Gasteiger partial charge in [-0.25, -0.2) is 0 Å². The topological polar surface area (TPSA) is 72.2 Å². The maximum absolute atomic E-state index is 12.6. The number of carbonyl (C=O) groups is 1. The first kappa shape index (κ1) is 17.4. The molecule has 3 rings (SSSR count). The highest BCUT2D eigenvalue weighted by atomic mass is 16.6. The molecule has 26 heavy (non-hydrogen) atoms. The summed E-state index contributed by atoms with van der Waals surface area (Å²) in [6, 6.07) is 25.1. The van der Waals surface area contributed by atoms with Crippen LogP contribution in [0, 0.1) is 10.1 Å². The number of nitro benzene ring substituents is 1. The van der Waals surface area contributed by atoms with Crippen molar-refractivity contribution < 1.29 is 9.72 Å². The van der Waals surface area contributed by atoms with Gasteiger partial charge < -0.3 is 5.32 Å². The van der Waals surface area contributed by atoms with Gasteiger partial charge in [0.2, 0.25) is 0 Å². The molecule has 3 aromatic rings. The summed E-state index contributed by atoms with van der Waals surface area (Å²) in [5.74, 6) is -0.260. The van der Waals surface area contributed by atoms with Gasteiger partial charge in [0.1, 0.15) is 0 Å². The molecular weight excluding hydrogens is 328 g/mol. The smallest absolute Gasteiger partial charge is 0.269 e. The SMILES string of the molecule is O=C(NC(Cc1ccccc1)c1ccccc1)c1ccc([N+](=O)[O-])cc1. The maximum atomic E-state index is 12.6. The van der Waals surface area contributed by atoms with E-state index in [4.69, 9.17) is 0 Å². The Bertz CT molecular complexity index is 878. The first-order chi connectivity index (χ1) is 12.6. The highest BCUT2D eigenvalue weighted by Gasteiger charge is 2.17. The maximum Gasteiger partial charge on any atom is 0.269 e. The summed E-state index contributed by atoms with van der Waals surface area (Å²) in [4.78, 5) is 22.9. The molecule has 0 radical (unpaired) electrons. The summed E-state index contributed by atoms with van der Waals surface area (Å²) in [6.45, 7) is 0. The van der Waals surface area contributed by atoms with Gasteiger partial charge in [-0.15, -0.1) is 0 Å². The molecule has 0 fully saturated rings. The van der Waals surface area contributed by atoms with Crippen LogP contribution in [0.5, 0.6) is 0 Å². The van der Waals surface area contributed by atoms with Gasteiger partial charge in [0.25, 0.3) is 11.6 Å². The van der Waals surface area contributed by atoms with Gasteiger partial charge in [0, 0.05) is 17.7 Å². The van der Waals surface area contributed by atoms with Gasteiger partial charge in [-0.05, 0) is 29.7 Å². The van der Waals surface area contributed by atoms with Crippen molar-refractivity contribution in [2.45, 2.75) is 12.5 Å². The average Bonchev–Trinajstić information content (AvgIpc) is 2.69. The van der Waals surface area contributed by atoms with Crippen molar-refractivity contribution in [2.75, 3.05) is 0 Å². The fraction of sp³-hybridized carbons (Fsp3) is 0.0952. The van der Waals surface area contributed by atoms with E-state index in [1.54, 1.807) is 0 Å². The Kier molecular flexibility index (Phi) is 5.39. The second-order valence-electron chi connectivity index (χ2n) is 5.93. The zero-order valence-electron chi connectivity index (χ0n) is 14.0. The average molecular weight is 346 g/mol. The third kappa shape index (κ3) is 4.33. The first-order valence-corrected chi connectivity index (χ1v) is 8.27. The van der Waals surface area contributed by atoms with Gasteiger partial charge in [-0.3, -0.25) is 14.9 Å². The van der Waals surface area contributed by atoms with E-state index in [0.29, 0.717) is 12.0 Å². The molecule has 0 saturated heterocycles. The minimum Gasteiger partial charge on any atom is -0.345 e. The molecule has 1 N–H and O–H groups in total. The lowest BCUT2D eigenvalue weighted by atomic mass is 9.98. The van der Waals surface area contributed by atoms with Crippen molar-refractivity contribution in [3.05, 3.63) is 112 Å². The van der Waals surface area contributed by atoms with Crippen molar-refractivity contribution in [1.29, 1.82) is 0 Å². The van der Waals surface area contributed by atoms with Crippen LogP contribution >= 0.6 is 0 Å². The first-order valence-electron chi connectivity index (χ1n) is 8.27. The van der Waals surface area contributed by atoms with Crippen LogP contribution in [0.15, 0.2) is 84.9 Å². The number of amides is 1. The highest BCUT2D eigenvalue weighted by Crippen LogP contribution is 2.20. The van der Waals surface area contributed by atoms with Crippen LogP contribution in [0.4, 0.5) is 5.69 Å². The van der Waals surface area contributed by atoms with Crippen molar-refractivity contribution in [2.24, 2.45) is 0 Å². The van der Waals surface area contributed by atoms with Gasteiger partial charge in [0.15, 0.2) is 0 Å². The minimum atomic E-state index is -0.482. The summed E-state index contributed by atoms with van der Waals surface area (Å²) >= 11 is 0. The molecule has 1 atom stereocenters. The van der Waals surface area contributed by atoms with Gasteiger partial charge >= 0.3 is 0 Å². The molecule has 5 nitrogen and oxygen atoms in total. The minimum absolute atomic E-state index is 0.0366. The second-order valence-corrected chi connectivity index (χ2v) is 5.93. The number of nitro groups is 1. The standard InChI is InChI=1S/C21H18N2O3/c24-21(18-11-13-19(14-12-18)23(25)26)22-20(17-9-5-2-6-10-17)15-16-7-3-1-4-8-16/h1-14,20H,15H2,(H,22,24). The number of hydrogen-bond acceptors (Lipinski definition) is 3. The Hall–Kier alpha value is -3.47. The number of rotatable bonds is 6. The molecule has 1 unspecified atom stereocenters. The fourth-order valence-corrected chi connectivity index (χ4v) is 2.76. The fourth-order valence-electron chi connectivity index (χ4n) is 2.76. The monoisotopic (exact) mass is 346 g/mol. The van der Waals surface area contributed by atoms with E-state index in [1.165, 1.54) is 24.3 Å². The molecule has 0 aromatic heterocycles. The molecule has 0 bridgehead atoms. The normalized spacial score (nSPS) is 11.5. The van der Waals surface area contributed by atoms with Gasteiger partial charge in [-0.1, -0.05) is 60.7 Å². The second kappa shape index (κ2) is 8.07. The zero-order valence-corrected chi connectivity index (χ0v) is 14.0. The number of hydrogen-bond donors (Lipinski definition) is 1. The number of nitrogens with zero attached hydrogens (tertiary/aromatic N) is 1. The Labute approximate surface area is 151 Å². The molecule has 0 saturated carbocycles. The number of non-ortho nitro benzene ring substituents is 1. The lowest BCUT2D eigenvalue weighted by molar-refractivity contribution is -0.384. The molecule has 0 spiro atoms. The van der Waals surface area contributed by atoms with E-state index in [9.17, 15) is 14.9 Å². The summed E-state index contributed by atoms with van der Waals surface area (Å²) < 4.78 is 0. The van der Waals surface area contributed by atoms with E-state index in [-0.39, 0.29) is 17.6 Å². The predicted molar refractivity (Wildman–Crippen MR) is 99.9 cm³/mol. The van der Waals surface area contributed by atoms with Crippen LogP contribution in [-0.2, 0) is 6.42 Å². The number of benzene rings is 3. The van der Waals surface area contributed by atoms with E-state index >= 15 is 0 Å². The van der Waals surface area contributed by atoms with E-state index in [0.717, 1.165) is 11.1 Å². The van der Waals surface area contributed by atoms with Gasteiger partial charge in [0.05, 0.1) is 11.0 Å². The third-order valence-electron chi connectivity index (χ3n) is 4.13. The molecule has 130 valence electrons. The number of nitrogens with one attached hydrogen (secondary N) is 1. The molecule has 1 amide bonds. The summed E-state index contributed by atoms with van der Waals surface area (Å²) in [6.07, 6.45) is 0.656. The molecule has 3 aromatic carbocycles. The molecule has 0 aliphatic rings. The van der Waals surface area contributed by atoms with Crippen LogP contribution in [0.3, 0.4) is 0 Å². The predicted octanol–water partition coefficient (Wildman–Crippen LogP) is 4.31. The van der Waals surface area contributed by atoms with Crippen LogP contribution in [0.1, 0.15) is 27.5 Å². The molecular formula is C21H18N2O3. The van der Waals surface area contributed by atoms with E-state index in [1.807, 2.05) is 60.7 Å². The van der Waals surface area contributed by atoms with Crippen LogP contribution < -0.4 is 5.32 Å². The molecule has 0 heterocycles. The van der Waals surface area contributed by atoms with Crippen molar-refractivity contribution in [3.63, 3.8) is 0 Å². The lowest BCUT2D eigenvalue weighted by Crippen LogP contribution is -2.30. The Morgan fingerprint density at radius 2 is 1.46 bits per heavy atom. The molecule has 0 aliphatic heterocycles. The van der Waals surface area contributed by atoms with Gasteiger partial charge in [-0.2, -0.15) is 0 Å². The van der Waals surface area contributed by atoms with Crippen LogP contribution in [0.2, 0.25) is 0 Å². The number of carbonyl (C=O) groups excluding carboxylic acids is 1. The van der Waals surface area contributed by atoms with Crippen LogP contribution in [-0.4, -0.2) is 10.8 Å². The largest absolute Gasteiger partial charge is 0.345 e.